The molecule has 0 aliphatic heterocycles. The van der Waals surface area contributed by atoms with Gasteiger partial charge in [0.25, 0.3) is 24.3 Å². The third-order valence-electron chi connectivity index (χ3n) is 3.43. The lowest BCUT2D eigenvalue weighted by Gasteiger charge is -2.31. The third kappa shape index (κ3) is 3.22. The van der Waals surface area contributed by atoms with Crippen molar-refractivity contribution in [2.75, 3.05) is 0 Å². The maximum absolute atomic E-state index is 11.8. The molecule has 1 aliphatic rings. The van der Waals surface area contributed by atoms with E-state index in [1.807, 2.05) is 0 Å². The van der Waals surface area contributed by atoms with E-state index in [9.17, 15) is 25.9 Å². The molecule has 23 heavy (non-hydrogen) atoms. The summed E-state index contributed by atoms with van der Waals surface area (Å²) in [4.78, 5) is 0. The van der Waals surface area contributed by atoms with Gasteiger partial charge in [-0.3, -0.25) is 9.11 Å². The van der Waals surface area contributed by atoms with E-state index in [4.69, 9.17) is 5.73 Å². The van der Waals surface area contributed by atoms with Crippen molar-refractivity contribution in [2.45, 2.75) is 4.08 Å². The number of hydrogen-bond acceptors (Lipinski definition) is 5. The first-order valence-electron chi connectivity index (χ1n) is 6.42. The number of nitrogens with two attached hydrogens (primary N) is 1. The van der Waals surface area contributed by atoms with Crippen molar-refractivity contribution >= 4 is 26.3 Å². The van der Waals surface area contributed by atoms with Crippen LogP contribution in [0.3, 0.4) is 0 Å². The highest BCUT2D eigenvalue weighted by atomic mass is 32.3. The highest BCUT2D eigenvalue weighted by molar-refractivity contribution is 8.05. The Morgan fingerprint density at radius 1 is 1.04 bits per heavy atom. The molecule has 0 radical (unpaired) electrons. The van der Waals surface area contributed by atoms with Crippen LogP contribution in [-0.2, 0) is 20.2 Å². The van der Waals surface area contributed by atoms with Gasteiger partial charge in [-0.05, 0) is 17.7 Å². The van der Waals surface area contributed by atoms with E-state index in [1.54, 1.807) is 30.3 Å². The van der Waals surface area contributed by atoms with Gasteiger partial charge in [0.1, 0.15) is 0 Å². The van der Waals surface area contributed by atoms with Crippen LogP contribution >= 0.6 is 0 Å². The summed E-state index contributed by atoms with van der Waals surface area (Å²) in [5.41, 5.74) is 5.95. The summed E-state index contributed by atoms with van der Waals surface area (Å²) >= 11 is 0. The third-order valence-corrected chi connectivity index (χ3v) is 7.09. The Balaban J connectivity index is 2.61. The molecular formula is C14H15NO6S2. The zero-order valence-electron chi connectivity index (χ0n) is 11.8. The van der Waals surface area contributed by atoms with Crippen molar-refractivity contribution < 1.29 is 25.9 Å². The van der Waals surface area contributed by atoms with Gasteiger partial charge < -0.3 is 5.73 Å². The van der Waals surface area contributed by atoms with Crippen molar-refractivity contribution in [3.63, 3.8) is 0 Å². The van der Waals surface area contributed by atoms with Gasteiger partial charge in [-0.15, -0.1) is 0 Å². The Labute approximate surface area is 134 Å². The minimum Gasteiger partial charge on any atom is -0.399 e. The molecule has 0 fully saturated rings. The molecule has 0 saturated carbocycles. The summed E-state index contributed by atoms with van der Waals surface area (Å²) in [6.07, 6.45) is 5.86. The molecule has 124 valence electrons. The topological polar surface area (TPSA) is 135 Å². The standard InChI is InChI=1S/C14H15NO6S2/c15-13-9-8-12(7-6-11-4-2-1-3-5-11)14(10-13,22(16,17)18)23(19,20)21/h1-10,12H,15H2,(H,16,17,18)(H,19,20,21). The number of hydrogen-bond donors (Lipinski definition) is 3. The Hall–Kier alpha value is -1.94. The minimum atomic E-state index is -5.23. The summed E-state index contributed by atoms with van der Waals surface area (Å²) in [6, 6.07) is 8.70. The molecular weight excluding hydrogens is 342 g/mol. The maximum Gasteiger partial charge on any atom is 0.292 e. The Morgan fingerprint density at radius 2 is 1.61 bits per heavy atom. The molecule has 0 heterocycles. The second-order valence-corrected chi connectivity index (χ2v) is 8.48. The van der Waals surface area contributed by atoms with Gasteiger partial charge in [-0.1, -0.05) is 48.6 Å². The van der Waals surface area contributed by atoms with Gasteiger partial charge in [0, 0.05) is 11.6 Å². The largest absolute Gasteiger partial charge is 0.399 e. The Bertz CT molecular complexity index is 850. The van der Waals surface area contributed by atoms with Crippen LogP contribution in [0.5, 0.6) is 0 Å². The fourth-order valence-corrected chi connectivity index (χ4v) is 4.97. The number of benzene rings is 1. The van der Waals surface area contributed by atoms with Crippen molar-refractivity contribution in [3.05, 3.63) is 65.9 Å². The average Bonchev–Trinajstić information content (AvgIpc) is 2.44. The normalized spacial score (nSPS) is 21.3. The van der Waals surface area contributed by atoms with Crippen molar-refractivity contribution in [3.8, 4) is 0 Å². The predicted octanol–water partition coefficient (Wildman–Crippen LogP) is 1.20. The molecule has 7 nitrogen and oxygen atoms in total. The van der Waals surface area contributed by atoms with E-state index in [-0.39, 0.29) is 5.70 Å². The molecule has 1 aromatic carbocycles. The lowest BCUT2D eigenvalue weighted by Crippen LogP contribution is -2.50. The average molecular weight is 357 g/mol. The van der Waals surface area contributed by atoms with Gasteiger partial charge >= 0.3 is 0 Å². The lowest BCUT2D eigenvalue weighted by molar-refractivity contribution is 0.424. The number of rotatable bonds is 4. The van der Waals surface area contributed by atoms with Crippen molar-refractivity contribution in [2.24, 2.45) is 11.7 Å². The van der Waals surface area contributed by atoms with E-state index in [1.165, 1.54) is 24.3 Å². The van der Waals surface area contributed by atoms with Crippen LogP contribution in [0, 0.1) is 5.92 Å². The first-order chi connectivity index (χ1) is 10.6. The van der Waals surface area contributed by atoms with Crippen LogP contribution in [0.4, 0.5) is 0 Å². The molecule has 4 N–H and O–H groups in total. The van der Waals surface area contributed by atoms with E-state index in [0.717, 1.165) is 0 Å². The Kier molecular flexibility index (Phi) is 4.49. The molecule has 9 heteroatoms. The smallest absolute Gasteiger partial charge is 0.292 e. The van der Waals surface area contributed by atoms with Crippen molar-refractivity contribution in [1.29, 1.82) is 0 Å². The first kappa shape index (κ1) is 17.4. The lowest BCUT2D eigenvalue weighted by atomic mass is 9.97. The van der Waals surface area contributed by atoms with Crippen LogP contribution in [0.25, 0.3) is 6.08 Å². The second-order valence-electron chi connectivity index (χ2n) is 4.97. The highest BCUT2D eigenvalue weighted by Gasteiger charge is 2.58. The molecule has 1 aromatic rings. The van der Waals surface area contributed by atoms with Crippen LogP contribution in [0.1, 0.15) is 5.56 Å². The van der Waals surface area contributed by atoms with Gasteiger partial charge in [0.05, 0.1) is 0 Å². The van der Waals surface area contributed by atoms with E-state index in [0.29, 0.717) is 11.6 Å². The quantitative estimate of drug-likeness (QED) is 0.689. The maximum atomic E-state index is 11.8. The van der Waals surface area contributed by atoms with Crippen LogP contribution < -0.4 is 5.73 Å². The molecule has 1 unspecified atom stereocenters. The molecule has 0 saturated heterocycles. The molecule has 2 rings (SSSR count). The first-order valence-corrected chi connectivity index (χ1v) is 9.30. The summed E-state index contributed by atoms with van der Waals surface area (Å²) < 4.78 is 63.1. The monoisotopic (exact) mass is 357 g/mol. The van der Waals surface area contributed by atoms with E-state index >= 15 is 0 Å². The fourth-order valence-electron chi connectivity index (χ4n) is 2.33. The number of allylic oxidation sites excluding steroid dienone is 3. The zero-order chi connectivity index (χ0) is 17.3. The predicted molar refractivity (Wildman–Crippen MR) is 86.2 cm³/mol. The SMILES string of the molecule is NC1=CC(S(=O)(=O)O)(S(=O)(=O)O)C(C=Cc2ccccc2)C=C1. The highest BCUT2D eigenvalue weighted by Crippen LogP contribution is 2.39. The molecule has 0 amide bonds. The summed E-state index contributed by atoms with van der Waals surface area (Å²) in [6.45, 7) is 0. The van der Waals surface area contributed by atoms with Gasteiger partial charge in [-0.25, -0.2) is 0 Å². The van der Waals surface area contributed by atoms with Crippen LogP contribution in [0.2, 0.25) is 0 Å². The molecule has 0 aromatic heterocycles. The summed E-state index contributed by atoms with van der Waals surface area (Å²) in [5, 5.41) is 0. The Morgan fingerprint density at radius 3 is 2.13 bits per heavy atom. The summed E-state index contributed by atoms with van der Waals surface area (Å²) in [5.74, 6) is -1.36. The molecule has 1 aliphatic carbocycles. The van der Waals surface area contributed by atoms with Crippen LogP contribution in [-0.4, -0.2) is 30.0 Å². The molecule has 0 bridgehead atoms. The minimum absolute atomic E-state index is 0.204. The fraction of sp³-hybridized carbons (Fsp3) is 0.143. The van der Waals surface area contributed by atoms with Crippen molar-refractivity contribution in [1.82, 2.24) is 0 Å². The second kappa shape index (κ2) is 5.93. The molecule has 1 atom stereocenters. The molecule has 0 spiro atoms. The van der Waals surface area contributed by atoms with Crippen LogP contribution in [0.15, 0.2) is 60.3 Å². The zero-order valence-corrected chi connectivity index (χ0v) is 13.4. The van der Waals surface area contributed by atoms with Gasteiger partial charge in [0.2, 0.25) is 0 Å². The van der Waals surface area contributed by atoms with E-state index < -0.39 is 30.2 Å². The summed E-state index contributed by atoms with van der Waals surface area (Å²) in [7, 11) is -10.5. The van der Waals surface area contributed by atoms with Gasteiger partial charge in [0.15, 0.2) is 0 Å². The van der Waals surface area contributed by atoms with E-state index in [2.05, 4.69) is 0 Å². The van der Waals surface area contributed by atoms with Gasteiger partial charge in [-0.2, -0.15) is 16.8 Å².